The first-order valence-electron chi connectivity index (χ1n) is 6.87. The summed E-state index contributed by atoms with van der Waals surface area (Å²) < 4.78 is 0.615. The van der Waals surface area contributed by atoms with Crippen molar-refractivity contribution in [1.29, 1.82) is 0 Å². The number of hydrogen-bond donors (Lipinski definition) is 2. The van der Waals surface area contributed by atoms with Crippen LogP contribution in [0.1, 0.15) is 37.9 Å². The lowest BCUT2D eigenvalue weighted by Crippen LogP contribution is -2.34. The predicted octanol–water partition coefficient (Wildman–Crippen LogP) is 3.53. The van der Waals surface area contributed by atoms with Gasteiger partial charge in [0, 0.05) is 17.3 Å². The van der Waals surface area contributed by atoms with E-state index < -0.39 is 5.60 Å². The van der Waals surface area contributed by atoms with Gasteiger partial charge in [0.25, 0.3) is 0 Å². The fourth-order valence-electron chi connectivity index (χ4n) is 2.93. The van der Waals surface area contributed by atoms with Crippen molar-refractivity contribution in [3.8, 4) is 0 Å². The van der Waals surface area contributed by atoms with Gasteiger partial charge in [0.15, 0.2) is 0 Å². The van der Waals surface area contributed by atoms with Crippen LogP contribution in [0.5, 0.6) is 0 Å². The molecule has 0 radical (unpaired) electrons. The molecule has 1 aliphatic carbocycles. The van der Waals surface area contributed by atoms with Crippen LogP contribution < -0.4 is 0 Å². The molecule has 3 rings (SSSR count). The number of H-pyrrole nitrogens is 1. The summed E-state index contributed by atoms with van der Waals surface area (Å²) in [7, 11) is 0. The van der Waals surface area contributed by atoms with Crippen LogP contribution in [0.3, 0.4) is 0 Å². The molecule has 0 saturated heterocycles. The second-order valence-corrected chi connectivity index (χ2v) is 5.88. The summed E-state index contributed by atoms with van der Waals surface area (Å²) >= 11 is 5.33. The van der Waals surface area contributed by atoms with Crippen molar-refractivity contribution in [1.82, 2.24) is 9.97 Å². The zero-order valence-electron chi connectivity index (χ0n) is 10.9. The molecule has 1 aromatic carbocycles. The van der Waals surface area contributed by atoms with Crippen LogP contribution >= 0.6 is 12.2 Å². The summed E-state index contributed by atoms with van der Waals surface area (Å²) in [6, 6.07) is 7.91. The van der Waals surface area contributed by atoms with Gasteiger partial charge in [-0.15, -0.1) is 0 Å². The van der Waals surface area contributed by atoms with Crippen LogP contribution in [0.2, 0.25) is 0 Å². The lowest BCUT2D eigenvalue weighted by Gasteiger charge is -2.31. The maximum atomic E-state index is 10.6. The molecular formula is C15H18N2OS. The molecule has 1 heterocycles. The van der Waals surface area contributed by atoms with E-state index in [9.17, 15) is 5.11 Å². The van der Waals surface area contributed by atoms with E-state index in [1.807, 2.05) is 24.3 Å². The fraction of sp³-hybridized carbons (Fsp3) is 0.467. The minimum absolute atomic E-state index is 0.571. The van der Waals surface area contributed by atoms with Gasteiger partial charge in [-0.1, -0.05) is 43.6 Å². The number of fused-ring (bicyclic) bond motifs is 1. The number of benzene rings is 1. The maximum Gasteiger partial charge on any atom is 0.137 e. The number of nitrogens with zero attached hydrogens (tertiary/aromatic N) is 1. The lowest BCUT2D eigenvalue weighted by atomic mass is 9.82. The van der Waals surface area contributed by atoms with Crippen LogP contribution in [0, 0.1) is 4.64 Å². The SMILES string of the molecule is OC1(Cc2nc(=S)c3ccccc3[nH]2)CCCCC1. The molecule has 0 bridgehead atoms. The number of aliphatic hydroxyl groups is 1. The van der Waals surface area contributed by atoms with Gasteiger partial charge in [0.05, 0.1) is 5.60 Å². The summed E-state index contributed by atoms with van der Waals surface area (Å²) in [5.74, 6) is 0.799. The molecule has 2 N–H and O–H groups in total. The Labute approximate surface area is 117 Å². The first-order chi connectivity index (χ1) is 9.16. The molecule has 0 atom stereocenters. The second-order valence-electron chi connectivity index (χ2n) is 5.50. The minimum atomic E-state index is -0.605. The Morgan fingerprint density at radius 1 is 1.21 bits per heavy atom. The Bertz CT molecular complexity index is 644. The highest BCUT2D eigenvalue weighted by molar-refractivity contribution is 7.71. The second kappa shape index (κ2) is 5.02. The molecular weight excluding hydrogens is 256 g/mol. The van der Waals surface area contributed by atoms with Gasteiger partial charge in [-0.25, -0.2) is 4.98 Å². The average Bonchev–Trinajstić information content (AvgIpc) is 2.39. The summed E-state index contributed by atoms with van der Waals surface area (Å²) in [6.45, 7) is 0. The summed E-state index contributed by atoms with van der Waals surface area (Å²) in [5.41, 5.74) is 0.392. The molecule has 1 fully saturated rings. The van der Waals surface area contributed by atoms with Gasteiger partial charge in [0.1, 0.15) is 10.5 Å². The van der Waals surface area contributed by atoms with Crippen molar-refractivity contribution in [2.45, 2.75) is 44.1 Å². The normalized spacial score (nSPS) is 18.6. The molecule has 1 aromatic heterocycles. The van der Waals surface area contributed by atoms with E-state index in [1.165, 1.54) is 6.42 Å². The minimum Gasteiger partial charge on any atom is -0.389 e. The van der Waals surface area contributed by atoms with E-state index in [-0.39, 0.29) is 0 Å². The third-order valence-electron chi connectivity index (χ3n) is 3.95. The number of hydrogen-bond acceptors (Lipinski definition) is 3. The van der Waals surface area contributed by atoms with Crippen LogP contribution in [0.15, 0.2) is 24.3 Å². The fourth-order valence-corrected chi connectivity index (χ4v) is 3.22. The van der Waals surface area contributed by atoms with Gasteiger partial charge in [-0.05, 0) is 25.0 Å². The molecule has 3 nitrogen and oxygen atoms in total. The largest absolute Gasteiger partial charge is 0.389 e. The van der Waals surface area contributed by atoms with Gasteiger partial charge in [-0.3, -0.25) is 0 Å². The van der Waals surface area contributed by atoms with Gasteiger partial charge < -0.3 is 10.1 Å². The molecule has 100 valence electrons. The summed E-state index contributed by atoms with van der Waals surface area (Å²) in [4.78, 5) is 7.74. The van der Waals surface area contributed by atoms with Crippen molar-refractivity contribution in [3.05, 3.63) is 34.7 Å². The van der Waals surface area contributed by atoms with E-state index in [4.69, 9.17) is 12.2 Å². The first-order valence-corrected chi connectivity index (χ1v) is 7.27. The molecule has 0 spiro atoms. The molecule has 2 aromatic rings. The topological polar surface area (TPSA) is 48.9 Å². The van der Waals surface area contributed by atoms with Crippen molar-refractivity contribution in [2.24, 2.45) is 0 Å². The smallest absolute Gasteiger partial charge is 0.137 e. The molecule has 0 unspecified atom stereocenters. The highest BCUT2D eigenvalue weighted by Gasteiger charge is 2.30. The Hall–Kier alpha value is -1.26. The molecule has 1 aliphatic rings. The van der Waals surface area contributed by atoms with Crippen LogP contribution in [-0.2, 0) is 6.42 Å². The zero-order valence-corrected chi connectivity index (χ0v) is 11.7. The van der Waals surface area contributed by atoms with E-state index in [2.05, 4.69) is 9.97 Å². The third kappa shape index (κ3) is 2.69. The van der Waals surface area contributed by atoms with Crippen molar-refractivity contribution in [2.75, 3.05) is 0 Å². The van der Waals surface area contributed by atoms with E-state index >= 15 is 0 Å². The quantitative estimate of drug-likeness (QED) is 0.824. The van der Waals surface area contributed by atoms with E-state index in [0.29, 0.717) is 11.1 Å². The molecule has 0 amide bonds. The van der Waals surface area contributed by atoms with Gasteiger partial charge in [-0.2, -0.15) is 0 Å². The molecule has 0 aliphatic heterocycles. The Kier molecular flexibility index (Phi) is 3.37. The number of aromatic nitrogens is 2. The van der Waals surface area contributed by atoms with Gasteiger partial charge in [0.2, 0.25) is 0 Å². The first kappa shape index (κ1) is 12.8. The van der Waals surface area contributed by atoms with Crippen molar-refractivity contribution in [3.63, 3.8) is 0 Å². The highest BCUT2D eigenvalue weighted by atomic mass is 32.1. The summed E-state index contributed by atoms with van der Waals surface area (Å²) in [5, 5.41) is 11.6. The van der Waals surface area contributed by atoms with E-state index in [1.54, 1.807) is 0 Å². The number of rotatable bonds is 2. The molecule has 4 heteroatoms. The van der Waals surface area contributed by atoms with Crippen molar-refractivity contribution < 1.29 is 5.11 Å². The van der Waals surface area contributed by atoms with Crippen LogP contribution in [0.4, 0.5) is 0 Å². The van der Waals surface area contributed by atoms with Gasteiger partial charge >= 0.3 is 0 Å². The summed E-state index contributed by atoms with van der Waals surface area (Å²) in [6.07, 6.45) is 5.73. The predicted molar refractivity (Wildman–Crippen MR) is 78.7 cm³/mol. The average molecular weight is 274 g/mol. The van der Waals surface area contributed by atoms with Crippen LogP contribution in [0.25, 0.3) is 10.9 Å². The maximum absolute atomic E-state index is 10.6. The van der Waals surface area contributed by atoms with Crippen molar-refractivity contribution >= 4 is 23.1 Å². The standard InChI is InChI=1S/C15H18N2OS/c18-15(8-4-1-5-9-15)10-13-16-12-7-3-2-6-11(12)14(19)17-13/h2-3,6-7,18H,1,4-5,8-10H2,(H,16,17,19). The Morgan fingerprint density at radius 3 is 2.74 bits per heavy atom. The third-order valence-corrected chi connectivity index (χ3v) is 4.26. The molecule has 19 heavy (non-hydrogen) atoms. The Morgan fingerprint density at radius 2 is 1.95 bits per heavy atom. The number of para-hydroxylation sites is 1. The monoisotopic (exact) mass is 274 g/mol. The zero-order chi connectivity index (χ0) is 13.3. The Balaban J connectivity index is 1.95. The van der Waals surface area contributed by atoms with Crippen LogP contribution in [-0.4, -0.2) is 20.7 Å². The molecule has 1 saturated carbocycles. The highest BCUT2D eigenvalue weighted by Crippen LogP contribution is 2.30. The number of nitrogens with one attached hydrogen (secondary N) is 1. The van der Waals surface area contributed by atoms with E-state index in [0.717, 1.165) is 42.4 Å². The lowest BCUT2D eigenvalue weighted by molar-refractivity contribution is 0.00283. The number of aromatic amines is 1.